The van der Waals surface area contributed by atoms with Crippen molar-refractivity contribution in [1.29, 1.82) is 0 Å². The van der Waals surface area contributed by atoms with Crippen LogP contribution in [0, 0.1) is 18.2 Å². The Bertz CT molecular complexity index is 1580. The molecule has 3 heterocycles. The molecule has 0 saturated carbocycles. The first-order valence-electron chi connectivity index (χ1n) is 12.7. The topological polar surface area (TPSA) is 140 Å². The zero-order valence-corrected chi connectivity index (χ0v) is 22.4. The summed E-state index contributed by atoms with van der Waals surface area (Å²) in [4.78, 5) is 24.8. The van der Waals surface area contributed by atoms with Gasteiger partial charge in [-0.3, -0.25) is 4.57 Å². The van der Waals surface area contributed by atoms with Gasteiger partial charge in [0.15, 0.2) is 23.6 Å². The molecule has 0 amide bonds. The summed E-state index contributed by atoms with van der Waals surface area (Å²) in [5, 5.41) is 31.9. The molecule has 1 saturated heterocycles. The van der Waals surface area contributed by atoms with Crippen molar-refractivity contribution in [2.75, 3.05) is 6.61 Å². The standard InChI is InChI=1S/C29H26ClFN4O6/c1-2-29(39)22(15-40-21(27(37)38)14-18-6-4-3-5-7-18)41-26(24(29)36)35-16-32-23-20(33-28(30)34-25(23)35)13-10-17-8-11-19(31)12-9-17/h1,3-9,11-12,16,21-22,24,26,36,39H,10,13-15H2,(H,37,38)/t21?,22-,24+,26-,29-/m1/s1. The molecule has 5 atom stereocenters. The quantitative estimate of drug-likeness (QED) is 0.191. The van der Waals surface area contributed by atoms with E-state index in [1.54, 1.807) is 36.4 Å². The Balaban J connectivity index is 1.36. The monoisotopic (exact) mass is 580 g/mol. The fourth-order valence-corrected chi connectivity index (χ4v) is 4.97. The average molecular weight is 581 g/mol. The number of imidazole rings is 1. The Hall–Kier alpha value is -3.92. The summed E-state index contributed by atoms with van der Waals surface area (Å²) in [7, 11) is 0. The lowest BCUT2D eigenvalue weighted by molar-refractivity contribution is -0.156. The molecule has 0 radical (unpaired) electrons. The molecule has 4 aromatic rings. The number of halogens is 2. The maximum atomic E-state index is 13.3. The predicted molar refractivity (Wildman–Crippen MR) is 145 cm³/mol. The number of aromatic nitrogens is 4. The van der Waals surface area contributed by atoms with E-state index in [0.717, 1.165) is 11.1 Å². The molecule has 5 rings (SSSR count). The lowest BCUT2D eigenvalue weighted by Gasteiger charge is -2.26. The molecular formula is C29H26ClFN4O6. The van der Waals surface area contributed by atoms with Crippen LogP contribution in [-0.4, -0.2) is 71.3 Å². The van der Waals surface area contributed by atoms with Crippen LogP contribution in [0.2, 0.25) is 5.28 Å². The van der Waals surface area contributed by atoms with Gasteiger partial charge >= 0.3 is 5.97 Å². The molecular weight excluding hydrogens is 555 g/mol. The van der Waals surface area contributed by atoms with Crippen LogP contribution in [-0.2, 0) is 33.5 Å². The van der Waals surface area contributed by atoms with E-state index in [0.29, 0.717) is 24.1 Å². The molecule has 1 aliphatic heterocycles. The maximum absolute atomic E-state index is 13.3. The third kappa shape index (κ3) is 5.93. The van der Waals surface area contributed by atoms with Crippen molar-refractivity contribution in [2.45, 2.75) is 49.4 Å². The van der Waals surface area contributed by atoms with E-state index in [4.69, 9.17) is 27.5 Å². The smallest absolute Gasteiger partial charge is 0.333 e. The van der Waals surface area contributed by atoms with Crippen LogP contribution >= 0.6 is 11.6 Å². The highest BCUT2D eigenvalue weighted by atomic mass is 35.5. The summed E-state index contributed by atoms with van der Waals surface area (Å²) >= 11 is 6.22. The number of carboxylic acids is 1. The highest BCUT2D eigenvalue weighted by Gasteiger charge is 2.56. The molecule has 3 N–H and O–H groups in total. The Kier molecular flexibility index (Phi) is 8.30. The number of fused-ring (bicyclic) bond motifs is 1. The molecule has 2 aromatic heterocycles. The van der Waals surface area contributed by atoms with Gasteiger partial charge in [0.05, 0.1) is 18.6 Å². The van der Waals surface area contributed by atoms with Crippen molar-refractivity contribution in [3.05, 3.63) is 88.8 Å². The molecule has 10 nitrogen and oxygen atoms in total. The van der Waals surface area contributed by atoms with E-state index in [1.807, 2.05) is 6.07 Å². The number of hydrogen-bond acceptors (Lipinski definition) is 8. The minimum Gasteiger partial charge on any atom is -0.479 e. The second-order valence-corrected chi connectivity index (χ2v) is 10.0. The SMILES string of the molecule is C#C[C@@]1(O)[C@@H](COC(Cc2ccccc2)C(=O)O)O[C@@H](n2cnc3c(CCc4ccc(F)cc4)nc(Cl)nc32)[C@@H]1O. The number of ether oxygens (including phenoxy) is 2. The Morgan fingerprint density at radius 3 is 2.59 bits per heavy atom. The van der Waals surface area contributed by atoms with E-state index in [1.165, 1.54) is 23.0 Å². The lowest BCUT2D eigenvalue weighted by Crippen LogP contribution is -2.48. The fourth-order valence-electron chi connectivity index (χ4n) is 4.79. The van der Waals surface area contributed by atoms with Gasteiger partial charge in [-0.1, -0.05) is 48.4 Å². The molecule has 12 heteroatoms. The number of nitrogens with zero attached hydrogens (tertiary/aromatic N) is 4. The van der Waals surface area contributed by atoms with Crippen molar-refractivity contribution < 1.29 is 34.0 Å². The van der Waals surface area contributed by atoms with Crippen LogP contribution in [0.3, 0.4) is 0 Å². The first kappa shape index (κ1) is 28.6. The average Bonchev–Trinajstić information content (AvgIpc) is 3.49. The van der Waals surface area contributed by atoms with E-state index < -0.39 is 42.7 Å². The minimum absolute atomic E-state index is 0.0712. The third-order valence-corrected chi connectivity index (χ3v) is 7.21. The summed E-state index contributed by atoms with van der Waals surface area (Å²) in [6.45, 7) is -0.413. The number of rotatable bonds is 10. The van der Waals surface area contributed by atoms with Gasteiger partial charge in [0.25, 0.3) is 0 Å². The molecule has 1 fully saturated rings. The van der Waals surface area contributed by atoms with E-state index in [2.05, 4.69) is 20.9 Å². The van der Waals surface area contributed by atoms with Gasteiger partial charge in [-0.15, -0.1) is 6.42 Å². The van der Waals surface area contributed by atoms with Crippen LogP contribution in [0.1, 0.15) is 23.0 Å². The second-order valence-electron chi connectivity index (χ2n) is 9.67. The van der Waals surface area contributed by atoms with Gasteiger partial charge < -0.3 is 24.8 Å². The largest absolute Gasteiger partial charge is 0.479 e. The van der Waals surface area contributed by atoms with Gasteiger partial charge in [0, 0.05) is 6.42 Å². The van der Waals surface area contributed by atoms with E-state index in [9.17, 15) is 24.5 Å². The van der Waals surface area contributed by atoms with Gasteiger partial charge in [-0.2, -0.15) is 4.98 Å². The number of terminal acetylenes is 1. The highest BCUT2D eigenvalue weighted by molar-refractivity contribution is 6.28. The van der Waals surface area contributed by atoms with Crippen molar-refractivity contribution >= 4 is 28.7 Å². The van der Waals surface area contributed by atoms with Crippen LogP contribution in [0.5, 0.6) is 0 Å². The van der Waals surface area contributed by atoms with Crippen molar-refractivity contribution in [3.63, 3.8) is 0 Å². The number of carboxylic acid groups (broad SMARTS) is 1. The maximum Gasteiger partial charge on any atom is 0.333 e. The normalized spacial score (nSPS) is 23.0. The molecule has 0 spiro atoms. The summed E-state index contributed by atoms with van der Waals surface area (Å²) in [6.07, 6.45) is 2.57. The van der Waals surface area contributed by atoms with Crippen molar-refractivity contribution in [2.24, 2.45) is 0 Å². The number of aliphatic hydroxyl groups excluding tert-OH is 1. The number of carbonyl (C=O) groups is 1. The minimum atomic E-state index is -2.21. The number of benzene rings is 2. The van der Waals surface area contributed by atoms with Gasteiger partial charge in [0.2, 0.25) is 5.28 Å². The summed E-state index contributed by atoms with van der Waals surface area (Å²) in [5.74, 6) is 0.648. The number of hydrogen-bond donors (Lipinski definition) is 3. The fraction of sp³-hybridized carbons (Fsp3) is 0.310. The molecule has 1 aliphatic rings. The highest BCUT2D eigenvalue weighted by Crippen LogP contribution is 2.39. The molecule has 41 heavy (non-hydrogen) atoms. The lowest BCUT2D eigenvalue weighted by atomic mass is 9.93. The van der Waals surface area contributed by atoms with Crippen LogP contribution in [0.25, 0.3) is 11.2 Å². The van der Waals surface area contributed by atoms with Gasteiger partial charge in [-0.05, 0) is 47.7 Å². The Morgan fingerprint density at radius 1 is 1.17 bits per heavy atom. The zero-order chi connectivity index (χ0) is 29.1. The predicted octanol–water partition coefficient (Wildman–Crippen LogP) is 2.74. The first-order valence-corrected chi connectivity index (χ1v) is 13.1. The summed E-state index contributed by atoms with van der Waals surface area (Å²) in [5.41, 5.74) is 0.569. The van der Waals surface area contributed by atoms with Crippen molar-refractivity contribution in [1.82, 2.24) is 19.5 Å². The number of aryl methyl sites for hydroxylation is 2. The van der Waals surface area contributed by atoms with E-state index in [-0.39, 0.29) is 23.2 Å². The number of aliphatic hydroxyl groups is 2. The van der Waals surface area contributed by atoms with Gasteiger partial charge in [0.1, 0.15) is 23.5 Å². The number of aliphatic carboxylic acids is 1. The molecule has 2 aromatic carbocycles. The Morgan fingerprint density at radius 2 is 1.90 bits per heavy atom. The van der Waals surface area contributed by atoms with Crippen molar-refractivity contribution in [3.8, 4) is 12.3 Å². The zero-order valence-electron chi connectivity index (χ0n) is 21.6. The van der Waals surface area contributed by atoms with Gasteiger partial charge in [-0.25, -0.2) is 19.2 Å². The summed E-state index contributed by atoms with van der Waals surface area (Å²) < 4.78 is 26.2. The first-order chi connectivity index (χ1) is 19.7. The van der Waals surface area contributed by atoms with Crippen LogP contribution in [0.4, 0.5) is 4.39 Å². The summed E-state index contributed by atoms with van der Waals surface area (Å²) in [6, 6.07) is 15.0. The second kappa shape index (κ2) is 11.9. The molecule has 0 bridgehead atoms. The van der Waals surface area contributed by atoms with E-state index >= 15 is 0 Å². The Labute approximate surface area is 239 Å². The molecule has 1 unspecified atom stereocenters. The van der Waals surface area contributed by atoms with Crippen LogP contribution in [0.15, 0.2) is 60.9 Å². The third-order valence-electron chi connectivity index (χ3n) is 7.04. The van der Waals surface area contributed by atoms with Crippen LogP contribution < -0.4 is 0 Å². The molecule has 212 valence electrons. The molecule has 0 aliphatic carbocycles.